The summed E-state index contributed by atoms with van der Waals surface area (Å²) in [5.74, 6) is 1.00. The second kappa shape index (κ2) is 7.97. The zero-order valence-corrected chi connectivity index (χ0v) is 13.6. The van der Waals surface area contributed by atoms with Crippen LogP contribution < -0.4 is 4.74 Å². The summed E-state index contributed by atoms with van der Waals surface area (Å²) in [6.45, 7) is 0.835. The summed E-state index contributed by atoms with van der Waals surface area (Å²) in [4.78, 5) is 2.13. The zero-order valence-electron chi connectivity index (χ0n) is 13.6. The number of hydrogen-bond acceptors (Lipinski definition) is 3. The van der Waals surface area contributed by atoms with E-state index >= 15 is 0 Å². The fraction of sp³-hybridized carbons (Fsp3) is 0.368. The van der Waals surface area contributed by atoms with Gasteiger partial charge in [-0.15, -0.1) is 0 Å². The number of rotatable bonds is 7. The van der Waals surface area contributed by atoms with Gasteiger partial charge in [0.2, 0.25) is 0 Å². The van der Waals surface area contributed by atoms with Crippen LogP contribution in [0.2, 0.25) is 0 Å². The van der Waals surface area contributed by atoms with Crippen molar-refractivity contribution in [3.63, 3.8) is 0 Å². The largest absolute Gasteiger partial charge is 0.497 e. The van der Waals surface area contributed by atoms with Gasteiger partial charge in [-0.05, 0) is 43.8 Å². The van der Waals surface area contributed by atoms with Gasteiger partial charge < -0.3 is 14.7 Å². The molecule has 0 saturated heterocycles. The van der Waals surface area contributed by atoms with Crippen LogP contribution in [0.4, 0.5) is 0 Å². The topological polar surface area (TPSA) is 32.7 Å². The summed E-state index contributed by atoms with van der Waals surface area (Å²) in [7, 11) is 5.75. The minimum Gasteiger partial charge on any atom is -0.497 e. The minimum absolute atomic E-state index is 0.144. The van der Waals surface area contributed by atoms with Gasteiger partial charge in [0, 0.05) is 12.5 Å². The van der Waals surface area contributed by atoms with Crippen molar-refractivity contribution in [1.29, 1.82) is 0 Å². The molecule has 2 atom stereocenters. The Balaban J connectivity index is 2.14. The molecule has 0 aliphatic heterocycles. The second-order valence-corrected chi connectivity index (χ2v) is 5.93. The van der Waals surface area contributed by atoms with Gasteiger partial charge in [-0.25, -0.2) is 0 Å². The van der Waals surface area contributed by atoms with E-state index in [1.807, 2.05) is 56.6 Å². The van der Waals surface area contributed by atoms with Crippen molar-refractivity contribution in [2.75, 3.05) is 27.7 Å². The summed E-state index contributed by atoms with van der Waals surface area (Å²) in [6, 6.07) is 18.0. The molecule has 3 heteroatoms. The van der Waals surface area contributed by atoms with E-state index < -0.39 is 6.10 Å². The fourth-order valence-corrected chi connectivity index (χ4v) is 2.73. The van der Waals surface area contributed by atoms with Crippen molar-refractivity contribution in [2.24, 2.45) is 5.92 Å². The van der Waals surface area contributed by atoms with Gasteiger partial charge in [-0.3, -0.25) is 0 Å². The van der Waals surface area contributed by atoms with E-state index in [1.165, 1.54) is 5.56 Å². The lowest BCUT2D eigenvalue weighted by molar-refractivity contribution is 0.0902. The third kappa shape index (κ3) is 4.58. The van der Waals surface area contributed by atoms with Crippen LogP contribution in [0, 0.1) is 5.92 Å². The van der Waals surface area contributed by atoms with Crippen molar-refractivity contribution in [2.45, 2.75) is 12.5 Å². The molecule has 2 rings (SSSR count). The molecule has 0 aromatic heterocycles. The highest BCUT2D eigenvalue weighted by Gasteiger charge is 2.22. The Morgan fingerprint density at radius 1 is 1.00 bits per heavy atom. The maximum Gasteiger partial charge on any atom is 0.118 e. The molecule has 0 saturated carbocycles. The van der Waals surface area contributed by atoms with Crippen molar-refractivity contribution < 1.29 is 9.84 Å². The lowest BCUT2D eigenvalue weighted by Gasteiger charge is -2.26. The first-order valence-corrected chi connectivity index (χ1v) is 7.61. The van der Waals surface area contributed by atoms with Crippen LogP contribution in [0.3, 0.4) is 0 Å². The van der Waals surface area contributed by atoms with Crippen LogP contribution in [0.15, 0.2) is 54.6 Å². The molecule has 0 fully saturated rings. The van der Waals surface area contributed by atoms with Crippen LogP contribution in [-0.4, -0.2) is 37.8 Å². The minimum atomic E-state index is -0.467. The van der Waals surface area contributed by atoms with Crippen LogP contribution in [-0.2, 0) is 6.42 Å². The first-order valence-electron chi connectivity index (χ1n) is 7.61. The zero-order chi connectivity index (χ0) is 15.9. The van der Waals surface area contributed by atoms with Gasteiger partial charge in [0.05, 0.1) is 13.2 Å². The molecule has 2 aromatic carbocycles. The van der Waals surface area contributed by atoms with Crippen molar-refractivity contribution in [1.82, 2.24) is 4.90 Å². The molecule has 1 N–H and O–H groups in total. The Bertz CT molecular complexity index is 551. The average molecular weight is 299 g/mol. The van der Waals surface area contributed by atoms with E-state index in [0.29, 0.717) is 0 Å². The van der Waals surface area contributed by atoms with Gasteiger partial charge in [-0.1, -0.05) is 42.5 Å². The Kier molecular flexibility index (Phi) is 5.99. The quantitative estimate of drug-likeness (QED) is 0.852. The van der Waals surface area contributed by atoms with Crippen molar-refractivity contribution in [3.05, 3.63) is 65.7 Å². The molecule has 2 aromatic rings. The monoisotopic (exact) mass is 299 g/mol. The number of hydrogen-bond donors (Lipinski definition) is 1. The van der Waals surface area contributed by atoms with Crippen LogP contribution in [0.25, 0.3) is 0 Å². The lowest BCUT2D eigenvalue weighted by Crippen LogP contribution is -2.28. The normalized spacial score (nSPS) is 13.9. The summed E-state index contributed by atoms with van der Waals surface area (Å²) >= 11 is 0. The SMILES string of the molecule is COc1ccc(C[C@H](CN(C)C)[C@H](O)c2ccccc2)cc1. The van der Waals surface area contributed by atoms with E-state index in [-0.39, 0.29) is 5.92 Å². The molecular weight excluding hydrogens is 274 g/mol. The standard InChI is InChI=1S/C19H25NO2/c1-20(2)14-17(19(21)16-7-5-4-6-8-16)13-15-9-11-18(22-3)12-10-15/h4-12,17,19,21H,13-14H2,1-3H3/t17-,19-/m1/s1. The molecular formula is C19H25NO2. The molecule has 0 unspecified atom stereocenters. The molecule has 0 aliphatic carbocycles. The van der Waals surface area contributed by atoms with E-state index in [2.05, 4.69) is 17.0 Å². The van der Waals surface area contributed by atoms with Crippen LogP contribution >= 0.6 is 0 Å². The van der Waals surface area contributed by atoms with Crippen molar-refractivity contribution in [3.8, 4) is 5.75 Å². The van der Waals surface area contributed by atoms with E-state index in [9.17, 15) is 5.11 Å². The molecule has 3 nitrogen and oxygen atoms in total. The number of ether oxygens (including phenoxy) is 1. The Morgan fingerprint density at radius 2 is 1.64 bits per heavy atom. The summed E-state index contributed by atoms with van der Waals surface area (Å²) < 4.78 is 5.20. The number of aliphatic hydroxyl groups is 1. The number of aliphatic hydroxyl groups excluding tert-OH is 1. The molecule has 118 valence electrons. The Hall–Kier alpha value is -1.84. The predicted octanol–water partition coefficient (Wildman–Crippen LogP) is 3.15. The summed E-state index contributed by atoms with van der Waals surface area (Å²) in [6.07, 6.45) is 0.365. The molecule has 0 heterocycles. The van der Waals surface area contributed by atoms with Gasteiger partial charge in [0.1, 0.15) is 5.75 Å². The number of nitrogens with zero attached hydrogens (tertiary/aromatic N) is 1. The fourth-order valence-electron chi connectivity index (χ4n) is 2.73. The highest BCUT2D eigenvalue weighted by Crippen LogP contribution is 2.26. The van der Waals surface area contributed by atoms with Crippen LogP contribution in [0.1, 0.15) is 17.2 Å². The van der Waals surface area contributed by atoms with E-state index in [4.69, 9.17) is 4.74 Å². The van der Waals surface area contributed by atoms with Gasteiger partial charge in [0.15, 0.2) is 0 Å². The third-order valence-corrected chi connectivity index (χ3v) is 3.84. The Morgan fingerprint density at radius 3 is 2.18 bits per heavy atom. The molecule has 0 aliphatic rings. The molecule has 0 bridgehead atoms. The second-order valence-electron chi connectivity index (χ2n) is 5.93. The van der Waals surface area contributed by atoms with E-state index in [1.54, 1.807) is 7.11 Å². The lowest BCUT2D eigenvalue weighted by atomic mass is 9.89. The maximum absolute atomic E-state index is 10.7. The maximum atomic E-state index is 10.7. The van der Waals surface area contributed by atoms with Gasteiger partial charge in [0.25, 0.3) is 0 Å². The number of methoxy groups -OCH3 is 1. The average Bonchev–Trinajstić information content (AvgIpc) is 2.54. The highest BCUT2D eigenvalue weighted by atomic mass is 16.5. The molecule has 0 radical (unpaired) electrons. The summed E-state index contributed by atoms with van der Waals surface area (Å²) in [5, 5.41) is 10.7. The third-order valence-electron chi connectivity index (χ3n) is 3.84. The van der Waals surface area contributed by atoms with Crippen LogP contribution in [0.5, 0.6) is 5.75 Å². The Labute approximate surface area is 133 Å². The predicted molar refractivity (Wildman–Crippen MR) is 90.1 cm³/mol. The first-order chi connectivity index (χ1) is 10.6. The van der Waals surface area contributed by atoms with E-state index in [0.717, 1.165) is 24.3 Å². The van der Waals surface area contributed by atoms with Gasteiger partial charge in [-0.2, -0.15) is 0 Å². The molecule has 0 spiro atoms. The van der Waals surface area contributed by atoms with Gasteiger partial charge >= 0.3 is 0 Å². The highest BCUT2D eigenvalue weighted by molar-refractivity contribution is 5.28. The smallest absolute Gasteiger partial charge is 0.118 e. The number of benzene rings is 2. The first kappa shape index (κ1) is 16.5. The molecule has 22 heavy (non-hydrogen) atoms. The summed E-state index contributed by atoms with van der Waals surface area (Å²) in [5.41, 5.74) is 2.19. The van der Waals surface area contributed by atoms with Crippen molar-refractivity contribution >= 4 is 0 Å². The molecule has 0 amide bonds.